The van der Waals surface area contributed by atoms with E-state index in [2.05, 4.69) is 27.8 Å². The fourth-order valence-electron chi connectivity index (χ4n) is 3.65. The first-order valence-corrected chi connectivity index (χ1v) is 9.11. The second-order valence-corrected chi connectivity index (χ2v) is 6.95. The zero-order valence-corrected chi connectivity index (χ0v) is 15.0. The quantitative estimate of drug-likeness (QED) is 0.537. The number of fused-ring (bicyclic) bond motifs is 1. The number of nitrogens with one attached hydrogen (secondary N) is 2. The smallest absolute Gasteiger partial charge is 0.191 e. The van der Waals surface area contributed by atoms with Crippen LogP contribution in [-0.4, -0.2) is 57.6 Å². The van der Waals surface area contributed by atoms with Crippen LogP contribution in [0.3, 0.4) is 0 Å². The van der Waals surface area contributed by atoms with Crippen molar-refractivity contribution in [3.05, 3.63) is 29.8 Å². The summed E-state index contributed by atoms with van der Waals surface area (Å²) in [5.74, 6) is 2.21. The highest BCUT2D eigenvalue weighted by molar-refractivity contribution is 5.79. The largest absolute Gasteiger partial charge is 0.493 e. The molecule has 25 heavy (non-hydrogen) atoms. The molecule has 0 bridgehead atoms. The summed E-state index contributed by atoms with van der Waals surface area (Å²) in [7, 11) is 1.79. The molecule has 2 unspecified atom stereocenters. The van der Waals surface area contributed by atoms with Crippen molar-refractivity contribution in [2.24, 2.45) is 10.4 Å². The molecule has 0 saturated carbocycles. The maximum absolute atomic E-state index is 9.34. The van der Waals surface area contributed by atoms with Gasteiger partial charge in [-0.25, -0.2) is 0 Å². The van der Waals surface area contributed by atoms with Crippen LogP contribution in [0.25, 0.3) is 0 Å². The predicted molar refractivity (Wildman–Crippen MR) is 98.2 cm³/mol. The maximum Gasteiger partial charge on any atom is 0.191 e. The number of aliphatic hydroxyl groups is 1. The van der Waals surface area contributed by atoms with Gasteiger partial charge >= 0.3 is 0 Å². The topological polar surface area (TPSA) is 75.1 Å². The van der Waals surface area contributed by atoms with Crippen molar-refractivity contribution in [3.63, 3.8) is 0 Å². The van der Waals surface area contributed by atoms with Crippen molar-refractivity contribution in [1.29, 1.82) is 0 Å². The fourth-order valence-corrected chi connectivity index (χ4v) is 3.65. The number of ether oxygens (including phenoxy) is 2. The zero-order chi connectivity index (χ0) is 17.5. The van der Waals surface area contributed by atoms with Crippen LogP contribution in [-0.2, 0) is 4.74 Å². The number of guanidine groups is 1. The third-order valence-electron chi connectivity index (χ3n) is 5.28. The molecular weight excluding hydrogens is 318 g/mol. The molecule has 0 aromatic heterocycles. The minimum Gasteiger partial charge on any atom is -0.493 e. The Labute approximate surface area is 149 Å². The first-order valence-electron chi connectivity index (χ1n) is 9.11. The van der Waals surface area contributed by atoms with Gasteiger partial charge in [-0.05, 0) is 30.9 Å². The molecule has 2 heterocycles. The predicted octanol–water partition coefficient (Wildman–Crippen LogP) is 1.51. The summed E-state index contributed by atoms with van der Waals surface area (Å²) in [6.45, 7) is 4.00. The number of rotatable bonds is 6. The second kappa shape index (κ2) is 8.54. The monoisotopic (exact) mass is 347 g/mol. The molecule has 2 atom stereocenters. The number of benzene rings is 1. The molecule has 0 amide bonds. The third kappa shape index (κ3) is 4.44. The van der Waals surface area contributed by atoms with Crippen molar-refractivity contribution >= 4 is 5.96 Å². The summed E-state index contributed by atoms with van der Waals surface area (Å²) in [4.78, 5) is 4.34. The van der Waals surface area contributed by atoms with Gasteiger partial charge in [-0.1, -0.05) is 18.2 Å². The molecule has 0 aliphatic carbocycles. The summed E-state index contributed by atoms with van der Waals surface area (Å²) in [5.41, 5.74) is 1.27. The molecule has 3 rings (SSSR count). The van der Waals surface area contributed by atoms with Crippen LogP contribution in [0.4, 0.5) is 0 Å². The number of hydrogen-bond acceptors (Lipinski definition) is 4. The van der Waals surface area contributed by atoms with Gasteiger partial charge in [0.15, 0.2) is 5.96 Å². The van der Waals surface area contributed by atoms with Gasteiger partial charge in [-0.3, -0.25) is 4.99 Å². The van der Waals surface area contributed by atoms with E-state index in [0.29, 0.717) is 12.5 Å². The molecule has 6 heteroatoms. The lowest BCUT2D eigenvalue weighted by Crippen LogP contribution is -2.45. The van der Waals surface area contributed by atoms with Crippen LogP contribution >= 0.6 is 0 Å². The Morgan fingerprint density at radius 2 is 2.20 bits per heavy atom. The van der Waals surface area contributed by atoms with Crippen molar-refractivity contribution in [1.82, 2.24) is 10.6 Å². The van der Waals surface area contributed by atoms with Crippen molar-refractivity contribution in [3.8, 4) is 5.75 Å². The first kappa shape index (κ1) is 18.0. The molecule has 138 valence electrons. The van der Waals surface area contributed by atoms with E-state index >= 15 is 0 Å². The van der Waals surface area contributed by atoms with Crippen LogP contribution in [0.15, 0.2) is 29.3 Å². The number of aliphatic imine (C=N–C) groups is 1. The summed E-state index contributed by atoms with van der Waals surface area (Å²) >= 11 is 0. The SMILES string of the molecule is CN=C(NCC1CCOc2ccccc21)NCC1(CCO)CCOC1. The lowest BCUT2D eigenvalue weighted by atomic mass is 9.84. The van der Waals surface area contributed by atoms with E-state index in [1.54, 1.807) is 7.05 Å². The summed E-state index contributed by atoms with van der Waals surface area (Å²) < 4.78 is 11.3. The van der Waals surface area contributed by atoms with Crippen LogP contribution in [0, 0.1) is 5.41 Å². The lowest BCUT2D eigenvalue weighted by molar-refractivity contribution is 0.127. The van der Waals surface area contributed by atoms with E-state index in [1.165, 1.54) is 5.56 Å². The Bertz CT molecular complexity index is 585. The minimum atomic E-state index is 0.0116. The average Bonchev–Trinajstić information content (AvgIpc) is 3.11. The van der Waals surface area contributed by atoms with Gasteiger partial charge in [0, 0.05) is 44.7 Å². The number of nitrogens with zero attached hydrogens (tertiary/aromatic N) is 1. The van der Waals surface area contributed by atoms with E-state index in [0.717, 1.165) is 57.3 Å². The zero-order valence-electron chi connectivity index (χ0n) is 15.0. The van der Waals surface area contributed by atoms with E-state index in [9.17, 15) is 5.11 Å². The Morgan fingerprint density at radius 1 is 1.32 bits per heavy atom. The lowest BCUT2D eigenvalue weighted by Gasteiger charge is -2.29. The van der Waals surface area contributed by atoms with Gasteiger partial charge in [-0.15, -0.1) is 0 Å². The Kier molecular flexibility index (Phi) is 6.15. The standard InChI is InChI=1S/C19H29N3O3/c1-20-18(22-13-19(7-9-23)8-11-24-14-19)21-12-15-6-10-25-17-5-3-2-4-16(15)17/h2-5,15,23H,6-14H2,1H3,(H2,20,21,22). The molecule has 6 nitrogen and oxygen atoms in total. The average molecular weight is 347 g/mol. The van der Waals surface area contributed by atoms with Gasteiger partial charge in [0.25, 0.3) is 0 Å². The van der Waals surface area contributed by atoms with Crippen LogP contribution < -0.4 is 15.4 Å². The summed E-state index contributed by atoms with van der Waals surface area (Å²) in [5, 5.41) is 16.2. The molecule has 2 aliphatic rings. The highest BCUT2D eigenvalue weighted by atomic mass is 16.5. The normalized spacial score (nSPS) is 26.0. The molecular formula is C19H29N3O3. The Hall–Kier alpha value is -1.79. The van der Waals surface area contributed by atoms with E-state index in [-0.39, 0.29) is 12.0 Å². The summed E-state index contributed by atoms with van der Waals surface area (Å²) in [6.07, 6.45) is 2.73. The molecule has 3 N–H and O–H groups in total. The maximum atomic E-state index is 9.34. The van der Waals surface area contributed by atoms with E-state index in [4.69, 9.17) is 9.47 Å². The Morgan fingerprint density at radius 3 is 2.96 bits per heavy atom. The van der Waals surface area contributed by atoms with Crippen LogP contribution in [0.2, 0.25) is 0 Å². The van der Waals surface area contributed by atoms with E-state index < -0.39 is 0 Å². The molecule has 0 spiro atoms. The van der Waals surface area contributed by atoms with Crippen molar-refractivity contribution < 1.29 is 14.6 Å². The summed E-state index contributed by atoms with van der Waals surface area (Å²) in [6, 6.07) is 8.25. The molecule has 2 aliphatic heterocycles. The third-order valence-corrected chi connectivity index (χ3v) is 5.28. The van der Waals surface area contributed by atoms with E-state index in [1.807, 2.05) is 12.1 Å². The first-order chi connectivity index (χ1) is 12.3. The molecule has 1 aromatic rings. The van der Waals surface area contributed by atoms with Crippen molar-refractivity contribution in [2.75, 3.05) is 46.6 Å². The highest BCUT2D eigenvalue weighted by Gasteiger charge is 2.34. The van der Waals surface area contributed by atoms with Gasteiger partial charge in [0.2, 0.25) is 0 Å². The number of hydrogen-bond donors (Lipinski definition) is 3. The van der Waals surface area contributed by atoms with Crippen LogP contribution in [0.1, 0.15) is 30.7 Å². The molecule has 1 aromatic carbocycles. The second-order valence-electron chi connectivity index (χ2n) is 6.95. The van der Waals surface area contributed by atoms with Gasteiger partial charge in [-0.2, -0.15) is 0 Å². The molecule has 1 saturated heterocycles. The fraction of sp³-hybridized carbons (Fsp3) is 0.632. The Balaban J connectivity index is 1.53. The molecule has 0 radical (unpaired) electrons. The minimum absolute atomic E-state index is 0.0116. The van der Waals surface area contributed by atoms with Gasteiger partial charge in [0.1, 0.15) is 5.75 Å². The van der Waals surface area contributed by atoms with Crippen LogP contribution in [0.5, 0.6) is 5.75 Å². The molecule has 1 fully saturated rings. The number of aliphatic hydroxyl groups excluding tert-OH is 1. The van der Waals surface area contributed by atoms with Gasteiger partial charge in [0.05, 0.1) is 13.2 Å². The number of para-hydroxylation sites is 1. The van der Waals surface area contributed by atoms with Gasteiger partial charge < -0.3 is 25.2 Å². The highest BCUT2D eigenvalue weighted by Crippen LogP contribution is 2.33. The van der Waals surface area contributed by atoms with Crippen molar-refractivity contribution in [2.45, 2.75) is 25.2 Å².